The van der Waals surface area contributed by atoms with E-state index >= 15 is 0 Å². The summed E-state index contributed by atoms with van der Waals surface area (Å²) in [5.74, 6) is 0.192. The number of anilines is 1. The smallest absolute Gasteiger partial charge is 0.291 e. The molecule has 2 aliphatic rings. The van der Waals surface area contributed by atoms with Gasteiger partial charge in [-0.2, -0.15) is 0 Å². The molecule has 0 atom stereocenters. The van der Waals surface area contributed by atoms with Gasteiger partial charge in [-0.3, -0.25) is 9.59 Å². The molecule has 1 aliphatic carbocycles. The molecule has 2 aromatic carbocycles. The first-order chi connectivity index (χ1) is 13.6. The third kappa shape index (κ3) is 4.20. The number of rotatable bonds is 3. The van der Waals surface area contributed by atoms with E-state index in [1.807, 2.05) is 6.07 Å². The van der Waals surface area contributed by atoms with Gasteiger partial charge in [-0.15, -0.1) is 0 Å². The normalized spacial score (nSPS) is 18.2. The monoisotopic (exact) mass is 396 g/mol. The molecular formula is C22H21ClN2O3. The number of hydrogen-bond donors (Lipinski definition) is 2. The van der Waals surface area contributed by atoms with Crippen LogP contribution < -0.4 is 15.4 Å². The van der Waals surface area contributed by atoms with Crippen molar-refractivity contribution in [1.82, 2.24) is 5.32 Å². The Balaban J connectivity index is 1.51. The summed E-state index contributed by atoms with van der Waals surface area (Å²) >= 11 is 5.99. The molecule has 0 radical (unpaired) electrons. The topological polar surface area (TPSA) is 67.4 Å². The lowest BCUT2D eigenvalue weighted by Crippen LogP contribution is -2.36. The van der Waals surface area contributed by atoms with Crippen LogP contribution in [0.3, 0.4) is 0 Å². The molecule has 1 aliphatic heterocycles. The van der Waals surface area contributed by atoms with Gasteiger partial charge >= 0.3 is 0 Å². The quantitative estimate of drug-likeness (QED) is 0.734. The molecule has 144 valence electrons. The second-order valence-electron chi connectivity index (χ2n) is 7.14. The molecule has 5 nitrogen and oxygen atoms in total. The predicted molar refractivity (Wildman–Crippen MR) is 109 cm³/mol. The first-order valence-corrected chi connectivity index (χ1v) is 9.88. The van der Waals surface area contributed by atoms with Gasteiger partial charge in [0.1, 0.15) is 0 Å². The lowest BCUT2D eigenvalue weighted by atomic mass is 9.95. The molecule has 0 unspecified atom stereocenters. The summed E-state index contributed by atoms with van der Waals surface area (Å²) in [5.41, 5.74) is 1.77. The lowest BCUT2D eigenvalue weighted by molar-refractivity contribution is -0.115. The Labute approximate surface area is 168 Å². The van der Waals surface area contributed by atoms with Crippen molar-refractivity contribution in [3.05, 3.63) is 64.4 Å². The number of fused-ring (bicyclic) bond motifs is 1. The lowest BCUT2D eigenvalue weighted by Gasteiger charge is -2.24. The molecular weight excluding hydrogens is 376 g/mol. The van der Waals surface area contributed by atoms with Crippen molar-refractivity contribution in [1.29, 1.82) is 0 Å². The third-order valence-electron chi connectivity index (χ3n) is 5.02. The summed E-state index contributed by atoms with van der Waals surface area (Å²) in [6, 6.07) is 12.5. The van der Waals surface area contributed by atoms with Crippen LogP contribution in [0, 0.1) is 0 Å². The van der Waals surface area contributed by atoms with Crippen molar-refractivity contribution in [3.63, 3.8) is 0 Å². The molecule has 0 aromatic heterocycles. The molecule has 2 aromatic rings. The van der Waals surface area contributed by atoms with E-state index in [1.165, 1.54) is 6.42 Å². The molecule has 1 heterocycles. The van der Waals surface area contributed by atoms with Crippen LogP contribution in [0.1, 0.15) is 48.0 Å². The molecule has 2 N–H and O–H groups in total. The van der Waals surface area contributed by atoms with Gasteiger partial charge < -0.3 is 15.4 Å². The largest absolute Gasteiger partial charge is 0.449 e. The number of benzene rings is 2. The van der Waals surface area contributed by atoms with Gasteiger partial charge in [-0.05, 0) is 54.8 Å². The number of ether oxygens (including phenoxy) is 1. The number of carbonyl (C=O) groups is 2. The number of halogens is 1. The molecule has 2 amide bonds. The number of nitrogens with one attached hydrogen (secondary N) is 2. The summed E-state index contributed by atoms with van der Waals surface area (Å²) in [4.78, 5) is 24.9. The van der Waals surface area contributed by atoms with Gasteiger partial charge in [0.15, 0.2) is 11.5 Å². The van der Waals surface area contributed by atoms with E-state index in [4.69, 9.17) is 16.3 Å². The summed E-state index contributed by atoms with van der Waals surface area (Å²) in [6.07, 6.45) is 7.22. The highest BCUT2D eigenvalue weighted by molar-refractivity contribution is 6.30. The van der Waals surface area contributed by atoms with Gasteiger partial charge in [0.2, 0.25) is 0 Å². The summed E-state index contributed by atoms with van der Waals surface area (Å²) in [7, 11) is 0. The average Bonchev–Trinajstić information content (AvgIpc) is 2.69. The number of amides is 2. The fourth-order valence-corrected chi connectivity index (χ4v) is 3.76. The maximum atomic E-state index is 12.5. The molecule has 0 saturated heterocycles. The zero-order chi connectivity index (χ0) is 19.5. The second kappa shape index (κ2) is 8.07. The van der Waals surface area contributed by atoms with Gasteiger partial charge in [-0.25, -0.2) is 0 Å². The van der Waals surface area contributed by atoms with Crippen molar-refractivity contribution >= 4 is 35.2 Å². The molecule has 0 spiro atoms. The van der Waals surface area contributed by atoms with Crippen LogP contribution in [-0.4, -0.2) is 17.9 Å². The van der Waals surface area contributed by atoms with Gasteiger partial charge in [-0.1, -0.05) is 43.0 Å². The second-order valence-corrected chi connectivity index (χ2v) is 7.58. The average molecular weight is 397 g/mol. The van der Waals surface area contributed by atoms with Crippen LogP contribution >= 0.6 is 11.6 Å². The highest BCUT2D eigenvalue weighted by atomic mass is 35.5. The SMILES string of the molecule is O=C1Nc2cc(C(=O)NC3CCCCC3)ccc2OC1=Cc1cccc(Cl)c1. The van der Waals surface area contributed by atoms with E-state index in [2.05, 4.69) is 10.6 Å². The molecule has 28 heavy (non-hydrogen) atoms. The number of hydrogen-bond acceptors (Lipinski definition) is 3. The summed E-state index contributed by atoms with van der Waals surface area (Å²) in [6.45, 7) is 0. The van der Waals surface area contributed by atoms with Crippen LogP contribution in [-0.2, 0) is 4.79 Å². The minimum absolute atomic E-state index is 0.121. The first kappa shape index (κ1) is 18.6. The standard InChI is InChI=1S/C22H21ClN2O3/c23-16-6-4-5-14(11-16)12-20-22(27)25-18-13-15(9-10-19(18)28-20)21(26)24-17-7-2-1-3-8-17/h4-6,9-13,17H,1-3,7-8H2,(H,24,26)(H,25,27). The van der Waals surface area contributed by atoms with Crippen LogP contribution in [0.5, 0.6) is 5.75 Å². The maximum absolute atomic E-state index is 12.5. The van der Waals surface area contributed by atoms with E-state index in [9.17, 15) is 9.59 Å². The van der Waals surface area contributed by atoms with Crippen molar-refractivity contribution in [3.8, 4) is 5.75 Å². The van der Waals surface area contributed by atoms with Crippen LogP contribution in [0.15, 0.2) is 48.2 Å². The Morgan fingerprint density at radius 2 is 1.96 bits per heavy atom. The van der Waals surface area contributed by atoms with Crippen LogP contribution in [0.4, 0.5) is 5.69 Å². The minimum atomic E-state index is -0.364. The Kier molecular flexibility index (Phi) is 5.35. The fraction of sp³-hybridized carbons (Fsp3) is 0.273. The Bertz CT molecular complexity index is 949. The Morgan fingerprint density at radius 1 is 1.14 bits per heavy atom. The Hall–Kier alpha value is -2.79. The van der Waals surface area contributed by atoms with E-state index in [0.717, 1.165) is 31.2 Å². The fourth-order valence-electron chi connectivity index (χ4n) is 3.57. The molecule has 1 saturated carbocycles. The molecule has 4 rings (SSSR count). The van der Waals surface area contributed by atoms with Gasteiger partial charge in [0.05, 0.1) is 5.69 Å². The van der Waals surface area contributed by atoms with E-state index in [-0.39, 0.29) is 23.6 Å². The van der Waals surface area contributed by atoms with Gasteiger partial charge in [0.25, 0.3) is 11.8 Å². The summed E-state index contributed by atoms with van der Waals surface area (Å²) < 4.78 is 5.75. The van der Waals surface area contributed by atoms with Crippen LogP contribution in [0.2, 0.25) is 5.02 Å². The van der Waals surface area contributed by atoms with E-state index < -0.39 is 0 Å². The maximum Gasteiger partial charge on any atom is 0.291 e. The highest BCUT2D eigenvalue weighted by Crippen LogP contribution is 2.32. The van der Waals surface area contributed by atoms with E-state index in [1.54, 1.807) is 42.5 Å². The minimum Gasteiger partial charge on any atom is -0.449 e. The van der Waals surface area contributed by atoms with E-state index in [0.29, 0.717) is 22.0 Å². The molecule has 0 bridgehead atoms. The third-order valence-corrected chi connectivity index (χ3v) is 5.26. The summed E-state index contributed by atoms with van der Waals surface area (Å²) in [5, 5.41) is 6.47. The molecule has 1 fully saturated rings. The van der Waals surface area contributed by atoms with Crippen molar-refractivity contribution in [2.45, 2.75) is 38.1 Å². The van der Waals surface area contributed by atoms with Gasteiger partial charge in [0, 0.05) is 16.6 Å². The highest BCUT2D eigenvalue weighted by Gasteiger charge is 2.24. The zero-order valence-electron chi connectivity index (χ0n) is 15.3. The number of carbonyl (C=O) groups excluding carboxylic acids is 2. The van der Waals surface area contributed by atoms with Crippen molar-refractivity contribution in [2.24, 2.45) is 0 Å². The zero-order valence-corrected chi connectivity index (χ0v) is 16.1. The van der Waals surface area contributed by atoms with Crippen molar-refractivity contribution in [2.75, 3.05) is 5.32 Å². The molecule has 6 heteroatoms. The van der Waals surface area contributed by atoms with Crippen LogP contribution in [0.25, 0.3) is 6.08 Å². The predicted octanol–water partition coefficient (Wildman–Crippen LogP) is 4.77. The van der Waals surface area contributed by atoms with Crippen molar-refractivity contribution < 1.29 is 14.3 Å². The Morgan fingerprint density at radius 3 is 2.75 bits per heavy atom. The first-order valence-electron chi connectivity index (χ1n) is 9.50.